The first-order chi connectivity index (χ1) is 11.7. The van der Waals surface area contributed by atoms with Gasteiger partial charge in [-0.15, -0.1) is 0 Å². The van der Waals surface area contributed by atoms with E-state index in [1.165, 1.54) is 0 Å². The van der Waals surface area contributed by atoms with Gasteiger partial charge in [0.1, 0.15) is 13.2 Å². The molecular formula is C19H30N2O3. The Balaban J connectivity index is 2.02. The molecule has 2 amide bonds. The summed E-state index contributed by atoms with van der Waals surface area (Å²) in [5, 5.41) is 3.01. The van der Waals surface area contributed by atoms with E-state index in [2.05, 4.69) is 26.1 Å². The lowest BCUT2D eigenvalue weighted by molar-refractivity contribution is 0.171. The molecule has 1 unspecified atom stereocenters. The van der Waals surface area contributed by atoms with Crippen molar-refractivity contribution in [3.8, 4) is 11.5 Å². The van der Waals surface area contributed by atoms with Crippen molar-refractivity contribution in [1.82, 2.24) is 4.90 Å². The molecule has 1 aromatic carbocycles. The number of hydrogen-bond acceptors (Lipinski definition) is 3. The second-order valence-electron chi connectivity index (χ2n) is 6.33. The van der Waals surface area contributed by atoms with Crippen molar-refractivity contribution in [3.05, 3.63) is 18.2 Å². The molecule has 0 bridgehead atoms. The van der Waals surface area contributed by atoms with Crippen LogP contribution in [0.25, 0.3) is 0 Å². The van der Waals surface area contributed by atoms with Gasteiger partial charge in [-0.3, -0.25) is 0 Å². The van der Waals surface area contributed by atoms with Crippen LogP contribution in [0.1, 0.15) is 52.9 Å². The highest BCUT2D eigenvalue weighted by Gasteiger charge is 2.20. The molecule has 24 heavy (non-hydrogen) atoms. The van der Waals surface area contributed by atoms with Gasteiger partial charge in [-0.05, 0) is 31.9 Å². The molecule has 1 heterocycles. The molecule has 0 aliphatic carbocycles. The van der Waals surface area contributed by atoms with Gasteiger partial charge in [0, 0.05) is 24.3 Å². The Morgan fingerprint density at radius 2 is 1.92 bits per heavy atom. The molecular weight excluding hydrogens is 304 g/mol. The van der Waals surface area contributed by atoms with Crippen LogP contribution in [-0.4, -0.2) is 36.7 Å². The Morgan fingerprint density at radius 1 is 1.17 bits per heavy atom. The maximum absolute atomic E-state index is 12.7. The van der Waals surface area contributed by atoms with E-state index >= 15 is 0 Å². The molecule has 1 aliphatic rings. The number of carbonyl (C=O) groups is 1. The van der Waals surface area contributed by atoms with E-state index in [0.717, 1.165) is 50.1 Å². The molecule has 2 rings (SSSR count). The monoisotopic (exact) mass is 334 g/mol. The predicted molar refractivity (Wildman–Crippen MR) is 97.1 cm³/mol. The summed E-state index contributed by atoms with van der Waals surface area (Å²) in [6.45, 7) is 8.36. The number of urea groups is 1. The quantitative estimate of drug-likeness (QED) is 0.703. The Bertz CT molecular complexity index is 533. The van der Waals surface area contributed by atoms with Crippen molar-refractivity contribution in [2.24, 2.45) is 0 Å². The second kappa shape index (κ2) is 9.40. The van der Waals surface area contributed by atoms with Crippen molar-refractivity contribution < 1.29 is 14.3 Å². The third-order valence-electron chi connectivity index (χ3n) is 4.30. The molecule has 0 fully saturated rings. The summed E-state index contributed by atoms with van der Waals surface area (Å²) in [6, 6.07) is 5.75. The van der Waals surface area contributed by atoms with Crippen LogP contribution in [0.2, 0.25) is 0 Å². The van der Waals surface area contributed by atoms with Gasteiger partial charge in [-0.1, -0.05) is 33.1 Å². The van der Waals surface area contributed by atoms with Crippen molar-refractivity contribution in [1.29, 1.82) is 0 Å². The lowest BCUT2D eigenvalue weighted by Crippen LogP contribution is -2.42. The number of carbonyl (C=O) groups excluding carboxylic acids is 1. The van der Waals surface area contributed by atoms with E-state index in [1.54, 1.807) is 0 Å². The van der Waals surface area contributed by atoms with Gasteiger partial charge < -0.3 is 19.7 Å². The maximum atomic E-state index is 12.7. The largest absolute Gasteiger partial charge is 0.486 e. The van der Waals surface area contributed by atoms with Crippen LogP contribution in [0.5, 0.6) is 11.5 Å². The van der Waals surface area contributed by atoms with Crippen LogP contribution in [0.3, 0.4) is 0 Å². The number of fused-ring (bicyclic) bond motifs is 1. The van der Waals surface area contributed by atoms with Gasteiger partial charge >= 0.3 is 6.03 Å². The van der Waals surface area contributed by atoms with E-state index in [1.807, 2.05) is 23.1 Å². The summed E-state index contributed by atoms with van der Waals surface area (Å²) < 4.78 is 11.1. The molecule has 1 aliphatic heterocycles. The highest BCUT2D eigenvalue weighted by molar-refractivity contribution is 5.90. The van der Waals surface area contributed by atoms with Crippen LogP contribution in [0.4, 0.5) is 10.5 Å². The summed E-state index contributed by atoms with van der Waals surface area (Å²) in [6.07, 6.45) is 5.43. The third-order valence-corrected chi connectivity index (χ3v) is 4.30. The minimum atomic E-state index is -0.0382. The first-order valence-corrected chi connectivity index (χ1v) is 9.13. The first kappa shape index (κ1) is 18.4. The Hall–Kier alpha value is -1.91. The minimum Gasteiger partial charge on any atom is -0.486 e. The van der Waals surface area contributed by atoms with E-state index in [-0.39, 0.29) is 12.1 Å². The smallest absolute Gasteiger partial charge is 0.322 e. The zero-order valence-corrected chi connectivity index (χ0v) is 15.1. The fraction of sp³-hybridized carbons (Fsp3) is 0.632. The molecule has 5 nitrogen and oxygen atoms in total. The van der Waals surface area contributed by atoms with Crippen LogP contribution in [0, 0.1) is 0 Å². The van der Waals surface area contributed by atoms with Gasteiger partial charge in [0.25, 0.3) is 0 Å². The number of unbranched alkanes of at least 4 members (excludes halogenated alkanes) is 2. The van der Waals surface area contributed by atoms with Gasteiger partial charge in [0.2, 0.25) is 0 Å². The third kappa shape index (κ3) is 5.05. The first-order valence-electron chi connectivity index (χ1n) is 9.13. The predicted octanol–water partition coefficient (Wildman–Crippen LogP) is 4.67. The molecule has 1 aromatic rings. The summed E-state index contributed by atoms with van der Waals surface area (Å²) in [4.78, 5) is 14.7. The number of amides is 2. The Kier molecular flexibility index (Phi) is 7.22. The van der Waals surface area contributed by atoms with Crippen molar-refractivity contribution in [2.45, 2.75) is 58.9 Å². The number of nitrogens with zero attached hydrogens (tertiary/aromatic N) is 1. The number of anilines is 1. The lowest BCUT2D eigenvalue weighted by Gasteiger charge is -2.29. The van der Waals surface area contributed by atoms with Crippen LogP contribution in [-0.2, 0) is 0 Å². The normalized spacial score (nSPS) is 14.1. The topological polar surface area (TPSA) is 50.8 Å². The maximum Gasteiger partial charge on any atom is 0.322 e. The summed E-state index contributed by atoms with van der Waals surface area (Å²) in [5.74, 6) is 1.43. The van der Waals surface area contributed by atoms with Crippen molar-refractivity contribution in [3.63, 3.8) is 0 Å². The van der Waals surface area contributed by atoms with Crippen LogP contribution < -0.4 is 14.8 Å². The van der Waals surface area contributed by atoms with E-state index < -0.39 is 0 Å². The van der Waals surface area contributed by atoms with Crippen LogP contribution >= 0.6 is 0 Å². The molecule has 0 radical (unpaired) electrons. The average Bonchev–Trinajstić information content (AvgIpc) is 2.58. The van der Waals surface area contributed by atoms with Crippen molar-refractivity contribution >= 4 is 11.7 Å². The summed E-state index contributed by atoms with van der Waals surface area (Å²) in [7, 11) is 0. The second-order valence-corrected chi connectivity index (χ2v) is 6.33. The Morgan fingerprint density at radius 3 is 2.62 bits per heavy atom. The SMILES string of the molecule is CCCCCN(C(=O)Nc1ccc2c(c1)OCCO2)C(C)CCC. The van der Waals surface area contributed by atoms with Gasteiger partial charge in [0.15, 0.2) is 11.5 Å². The van der Waals surface area contributed by atoms with Gasteiger partial charge in [0.05, 0.1) is 0 Å². The summed E-state index contributed by atoms with van der Waals surface area (Å²) in [5.41, 5.74) is 0.744. The molecule has 1 atom stereocenters. The highest BCUT2D eigenvalue weighted by atomic mass is 16.6. The number of nitrogens with one attached hydrogen (secondary N) is 1. The zero-order chi connectivity index (χ0) is 17.4. The van der Waals surface area contributed by atoms with E-state index in [0.29, 0.717) is 19.0 Å². The Labute approximate surface area is 145 Å². The molecule has 5 heteroatoms. The number of benzene rings is 1. The lowest BCUT2D eigenvalue weighted by atomic mass is 10.1. The molecule has 0 aromatic heterocycles. The van der Waals surface area contributed by atoms with E-state index in [9.17, 15) is 4.79 Å². The van der Waals surface area contributed by atoms with Crippen molar-refractivity contribution in [2.75, 3.05) is 25.1 Å². The van der Waals surface area contributed by atoms with Crippen LogP contribution in [0.15, 0.2) is 18.2 Å². The standard InChI is InChI=1S/C19H30N2O3/c1-4-6-7-11-21(15(3)8-5-2)19(22)20-16-9-10-17-18(14-16)24-13-12-23-17/h9-10,14-15H,4-8,11-13H2,1-3H3,(H,20,22). The number of rotatable bonds is 8. The molecule has 134 valence electrons. The average molecular weight is 334 g/mol. The fourth-order valence-corrected chi connectivity index (χ4v) is 2.94. The van der Waals surface area contributed by atoms with Gasteiger partial charge in [-0.2, -0.15) is 0 Å². The molecule has 0 saturated heterocycles. The minimum absolute atomic E-state index is 0.0382. The highest BCUT2D eigenvalue weighted by Crippen LogP contribution is 2.32. The van der Waals surface area contributed by atoms with E-state index in [4.69, 9.17) is 9.47 Å². The zero-order valence-electron chi connectivity index (χ0n) is 15.1. The fourth-order valence-electron chi connectivity index (χ4n) is 2.94. The molecule has 0 saturated carbocycles. The summed E-state index contributed by atoms with van der Waals surface area (Å²) >= 11 is 0. The number of hydrogen-bond donors (Lipinski definition) is 1. The number of ether oxygens (including phenoxy) is 2. The molecule has 1 N–H and O–H groups in total. The van der Waals surface area contributed by atoms with Gasteiger partial charge in [-0.25, -0.2) is 4.79 Å². The molecule has 0 spiro atoms.